The number of nitrogens with zero attached hydrogens (tertiary/aromatic N) is 1. The predicted molar refractivity (Wildman–Crippen MR) is 51.3 cm³/mol. The van der Waals surface area contributed by atoms with Gasteiger partial charge in [0.25, 0.3) is 0 Å². The van der Waals surface area contributed by atoms with Crippen LogP contribution in [-0.2, 0) is 0 Å². The first-order valence-electron chi connectivity index (χ1n) is 3.06. The summed E-state index contributed by atoms with van der Waals surface area (Å²) in [6, 6.07) is 0. The molecule has 1 aromatic heterocycles. The zero-order valence-corrected chi connectivity index (χ0v) is 8.01. The highest BCUT2D eigenvalue weighted by molar-refractivity contribution is 8.01. The highest BCUT2D eigenvalue weighted by atomic mass is 32.2. The summed E-state index contributed by atoms with van der Waals surface area (Å²) >= 11 is 7.63. The van der Waals surface area contributed by atoms with Crippen LogP contribution in [0.4, 0.5) is 0 Å². The van der Waals surface area contributed by atoms with Crippen molar-refractivity contribution in [3.05, 3.63) is 11.6 Å². The lowest BCUT2D eigenvalue weighted by atomic mass is 10.6. The number of rotatable bonds is 4. The van der Waals surface area contributed by atoms with Crippen molar-refractivity contribution in [3.63, 3.8) is 0 Å². The molecule has 0 fully saturated rings. The molecule has 0 aliphatic heterocycles. The molecule has 1 aromatic rings. The van der Waals surface area contributed by atoms with E-state index in [1.807, 2.05) is 23.3 Å². The number of hydrogen-bond donors (Lipinski definition) is 1. The largest absolute Gasteiger partial charge is 0.238 e. The van der Waals surface area contributed by atoms with Gasteiger partial charge in [0.1, 0.15) is 4.34 Å². The van der Waals surface area contributed by atoms with Crippen molar-refractivity contribution in [1.82, 2.24) is 4.98 Å². The van der Waals surface area contributed by atoms with E-state index in [1.54, 1.807) is 11.3 Å². The summed E-state index contributed by atoms with van der Waals surface area (Å²) in [5, 5.41) is 2.00. The van der Waals surface area contributed by atoms with Crippen LogP contribution in [0.15, 0.2) is 15.9 Å². The minimum Gasteiger partial charge on any atom is -0.238 e. The molecule has 0 aliphatic rings. The Morgan fingerprint density at radius 2 is 2.60 bits per heavy atom. The molecule has 1 heterocycles. The van der Waals surface area contributed by atoms with Crippen LogP contribution in [0.1, 0.15) is 6.42 Å². The zero-order chi connectivity index (χ0) is 7.23. The van der Waals surface area contributed by atoms with Gasteiger partial charge in [0, 0.05) is 17.3 Å². The van der Waals surface area contributed by atoms with Gasteiger partial charge in [-0.1, -0.05) is 11.8 Å². The van der Waals surface area contributed by atoms with Gasteiger partial charge in [-0.25, -0.2) is 4.98 Å². The van der Waals surface area contributed by atoms with E-state index in [1.165, 1.54) is 4.34 Å². The van der Waals surface area contributed by atoms with Crippen LogP contribution in [0.25, 0.3) is 0 Å². The molecule has 0 unspecified atom stereocenters. The van der Waals surface area contributed by atoms with Gasteiger partial charge >= 0.3 is 0 Å². The number of aromatic nitrogens is 1. The lowest BCUT2D eigenvalue weighted by Crippen LogP contribution is -1.79. The van der Waals surface area contributed by atoms with Crippen molar-refractivity contribution in [2.75, 3.05) is 11.5 Å². The Balaban J connectivity index is 2.15. The summed E-state index contributed by atoms with van der Waals surface area (Å²) in [5.41, 5.74) is 0. The maximum atomic E-state index is 4.14. The van der Waals surface area contributed by atoms with Crippen molar-refractivity contribution < 1.29 is 0 Å². The second kappa shape index (κ2) is 5.04. The molecule has 1 rings (SSSR count). The Kier molecular flexibility index (Phi) is 4.25. The van der Waals surface area contributed by atoms with E-state index in [2.05, 4.69) is 17.6 Å². The third kappa shape index (κ3) is 2.94. The molecule has 0 saturated carbocycles. The van der Waals surface area contributed by atoms with Crippen LogP contribution >= 0.6 is 35.7 Å². The van der Waals surface area contributed by atoms with Crippen LogP contribution in [0.3, 0.4) is 0 Å². The van der Waals surface area contributed by atoms with Gasteiger partial charge in [-0.2, -0.15) is 12.6 Å². The van der Waals surface area contributed by atoms with Crippen molar-refractivity contribution in [2.24, 2.45) is 0 Å². The third-order valence-electron chi connectivity index (χ3n) is 0.938. The predicted octanol–water partition coefficient (Wildman–Crippen LogP) is 2.56. The second-order valence-corrected chi connectivity index (χ2v) is 4.41. The second-order valence-electron chi connectivity index (χ2n) is 1.72. The number of thiol groups is 1. The van der Waals surface area contributed by atoms with Crippen molar-refractivity contribution >= 4 is 35.7 Å². The Hall–Kier alpha value is 0.330. The van der Waals surface area contributed by atoms with Crippen LogP contribution in [0.2, 0.25) is 0 Å². The molecule has 1 nitrogen and oxygen atoms in total. The van der Waals surface area contributed by atoms with Crippen molar-refractivity contribution in [1.29, 1.82) is 0 Å². The molecule has 0 radical (unpaired) electrons. The van der Waals surface area contributed by atoms with Crippen LogP contribution in [0, 0.1) is 0 Å². The Bertz CT molecular complexity index is 162. The summed E-state index contributed by atoms with van der Waals surface area (Å²) in [7, 11) is 0. The van der Waals surface area contributed by atoms with Crippen LogP contribution in [0.5, 0.6) is 0 Å². The zero-order valence-electron chi connectivity index (χ0n) is 5.49. The molecule has 10 heavy (non-hydrogen) atoms. The smallest absolute Gasteiger partial charge is 0.149 e. The lowest BCUT2D eigenvalue weighted by molar-refractivity contribution is 1.12. The molecular weight excluding hydrogens is 182 g/mol. The molecule has 0 amide bonds. The SMILES string of the molecule is SCCCSc1nccs1. The van der Waals surface area contributed by atoms with Crippen LogP contribution in [-0.4, -0.2) is 16.5 Å². The molecule has 0 aliphatic carbocycles. The number of thiazole rings is 1. The van der Waals surface area contributed by atoms with Gasteiger partial charge in [0.15, 0.2) is 0 Å². The summed E-state index contributed by atoms with van der Waals surface area (Å²) in [4.78, 5) is 4.14. The maximum Gasteiger partial charge on any atom is 0.149 e. The first kappa shape index (κ1) is 8.43. The summed E-state index contributed by atoms with van der Waals surface area (Å²) in [5.74, 6) is 2.11. The standard InChI is InChI=1S/C6H9NS3/c8-3-1-4-9-6-7-2-5-10-6/h2,5,8H,1,3-4H2. The fourth-order valence-electron chi connectivity index (χ4n) is 0.506. The fourth-order valence-corrected chi connectivity index (χ4v) is 2.53. The van der Waals surface area contributed by atoms with Gasteiger partial charge in [-0.3, -0.25) is 0 Å². The highest BCUT2D eigenvalue weighted by Gasteiger charge is 1.93. The van der Waals surface area contributed by atoms with E-state index in [9.17, 15) is 0 Å². The summed E-state index contributed by atoms with van der Waals surface area (Å²) in [6.45, 7) is 0. The van der Waals surface area contributed by atoms with E-state index >= 15 is 0 Å². The van der Waals surface area contributed by atoms with E-state index < -0.39 is 0 Å². The summed E-state index contributed by atoms with van der Waals surface area (Å²) in [6.07, 6.45) is 3.00. The average Bonchev–Trinajstić information content (AvgIpc) is 2.41. The van der Waals surface area contributed by atoms with Crippen molar-refractivity contribution in [3.8, 4) is 0 Å². The fraction of sp³-hybridized carbons (Fsp3) is 0.500. The molecule has 0 atom stereocenters. The highest BCUT2D eigenvalue weighted by Crippen LogP contribution is 2.20. The molecule has 4 heteroatoms. The molecule has 0 spiro atoms. The molecule has 0 N–H and O–H groups in total. The van der Waals surface area contributed by atoms with E-state index in [0.29, 0.717) is 0 Å². The van der Waals surface area contributed by atoms with Gasteiger partial charge < -0.3 is 0 Å². The van der Waals surface area contributed by atoms with Gasteiger partial charge in [-0.05, 0) is 12.2 Å². The van der Waals surface area contributed by atoms with Gasteiger partial charge in [0.05, 0.1) is 0 Å². The van der Waals surface area contributed by atoms with Crippen molar-refractivity contribution in [2.45, 2.75) is 10.8 Å². The Morgan fingerprint density at radius 1 is 1.70 bits per heavy atom. The first-order valence-corrected chi connectivity index (χ1v) is 5.56. The molecule has 0 saturated heterocycles. The Labute approximate surface area is 74.7 Å². The summed E-state index contributed by atoms with van der Waals surface area (Å²) < 4.78 is 1.17. The molecule has 0 bridgehead atoms. The topological polar surface area (TPSA) is 12.9 Å². The molecular formula is C6H9NS3. The third-order valence-corrected chi connectivity index (χ3v) is 3.31. The van der Waals surface area contributed by atoms with Gasteiger partial charge in [0.2, 0.25) is 0 Å². The van der Waals surface area contributed by atoms with E-state index in [4.69, 9.17) is 0 Å². The Morgan fingerprint density at radius 3 is 3.20 bits per heavy atom. The van der Waals surface area contributed by atoms with E-state index in [0.717, 1.165) is 17.9 Å². The monoisotopic (exact) mass is 191 g/mol. The number of thioether (sulfide) groups is 1. The first-order chi connectivity index (χ1) is 4.93. The molecule has 0 aromatic carbocycles. The lowest BCUT2D eigenvalue weighted by Gasteiger charge is -1.92. The van der Waals surface area contributed by atoms with E-state index in [-0.39, 0.29) is 0 Å². The number of hydrogen-bond acceptors (Lipinski definition) is 4. The normalized spacial score (nSPS) is 10.1. The maximum absolute atomic E-state index is 4.14. The quantitative estimate of drug-likeness (QED) is 0.446. The average molecular weight is 191 g/mol. The minimum atomic E-state index is 0.971. The molecule has 56 valence electrons. The van der Waals surface area contributed by atoms with Crippen LogP contribution < -0.4 is 0 Å². The van der Waals surface area contributed by atoms with Gasteiger partial charge in [-0.15, -0.1) is 11.3 Å². The minimum absolute atomic E-state index is 0.971.